The lowest BCUT2D eigenvalue weighted by atomic mass is 10.0. The third-order valence-corrected chi connectivity index (χ3v) is 3.21. The maximum Gasteiger partial charge on any atom is 0.151 e. The first-order chi connectivity index (χ1) is 10.7. The zero-order valence-electron chi connectivity index (χ0n) is 12.2. The van der Waals surface area contributed by atoms with Crippen molar-refractivity contribution in [3.8, 4) is 0 Å². The van der Waals surface area contributed by atoms with Crippen LogP contribution in [0.4, 0.5) is 0 Å². The number of aliphatic hydroxyl groups is 9. The highest BCUT2D eigenvalue weighted by molar-refractivity contribution is 5.56. The number of hydrogen-bond donors (Lipinski definition) is 9. The van der Waals surface area contributed by atoms with E-state index in [-0.39, 0.29) is 19.5 Å². The van der Waals surface area contributed by atoms with Crippen molar-refractivity contribution in [2.75, 3.05) is 19.8 Å². The maximum atomic E-state index is 9.90. The molecule has 11 nitrogen and oxygen atoms in total. The van der Waals surface area contributed by atoms with E-state index in [9.17, 15) is 4.79 Å². The molecule has 0 aliphatic carbocycles. The summed E-state index contributed by atoms with van der Waals surface area (Å²) in [7, 11) is 0. The molecule has 8 atom stereocenters. The minimum Gasteiger partial charge on any atom is -0.394 e. The smallest absolute Gasteiger partial charge is 0.151 e. The standard InChI is InChI=1S/C6H12O6.C6H12O5/c7-1-3(9)5(11)6(12)4(10)2-8;7-1-4-6(10)5(9)3(8)2-11-4/h1,3-6,8-12H,2H2;3-10H,1-2H2/t2*3-,4+,5+,6+/m00/s1. The Kier molecular flexibility index (Phi) is 10.6. The van der Waals surface area contributed by atoms with Crippen molar-refractivity contribution in [1.29, 1.82) is 0 Å². The quantitative estimate of drug-likeness (QED) is 0.207. The largest absolute Gasteiger partial charge is 0.394 e. The first-order valence-electron chi connectivity index (χ1n) is 6.76. The fraction of sp³-hybridized carbons (Fsp3) is 0.917. The van der Waals surface area contributed by atoms with Gasteiger partial charge in [0.2, 0.25) is 0 Å². The van der Waals surface area contributed by atoms with Gasteiger partial charge in [0.15, 0.2) is 6.29 Å². The van der Waals surface area contributed by atoms with Gasteiger partial charge in [0.05, 0.1) is 19.8 Å². The molecule has 0 amide bonds. The highest BCUT2D eigenvalue weighted by Crippen LogP contribution is 2.14. The van der Waals surface area contributed by atoms with Crippen LogP contribution < -0.4 is 0 Å². The van der Waals surface area contributed by atoms with Crippen LogP contribution in [0.2, 0.25) is 0 Å². The zero-order valence-corrected chi connectivity index (χ0v) is 12.2. The van der Waals surface area contributed by atoms with E-state index in [1.54, 1.807) is 0 Å². The van der Waals surface area contributed by atoms with E-state index < -0.39 is 55.4 Å². The molecule has 1 fully saturated rings. The summed E-state index contributed by atoms with van der Waals surface area (Å²) in [6.07, 6.45) is -11.1. The van der Waals surface area contributed by atoms with Crippen LogP contribution in [-0.2, 0) is 9.53 Å². The average Bonchev–Trinajstić information content (AvgIpc) is 2.57. The van der Waals surface area contributed by atoms with Gasteiger partial charge in [0.25, 0.3) is 0 Å². The number of aldehydes is 1. The van der Waals surface area contributed by atoms with E-state index in [2.05, 4.69) is 0 Å². The summed E-state index contributed by atoms with van der Waals surface area (Å²) in [4.78, 5) is 9.90. The molecular weight excluding hydrogens is 320 g/mol. The molecule has 1 aliphatic heterocycles. The van der Waals surface area contributed by atoms with Crippen molar-refractivity contribution in [2.45, 2.75) is 48.8 Å². The second kappa shape index (κ2) is 10.9. The van der Waals surface area contributed by atoms with Gasteiger partial charge in [0, 0.05) is 0 Å². The Morgan fingerprint density at radius 2 is 1.57 bits per heavy atom. The topological polar surface area (TPSA) is 208 Å². The van der Waals surface area contributed by atoms with E-state index in [1.165, 1.54) is 0 Å². The lowest BCUT2D eigenvalue weighted by Gasteiger charge is -2.34. The van der Waals surface area contributed by atoms with Crippen molar-refractivity contribution in [2.24, 2.45) is 0 Å². The van der Waals surface area contributed by atoms with E-state index in [0.29, 0.717) is 0 Å². The molecular formula is C12H24O11. The molecule has 11 heteroatoms. The summed E-state index contributed by atoms with van der Waals surface area (Å²) in [6.45, 7) is -1.17. The van der Waals surface area contributed by atoms with Crippen LogP contribution in [0.25, 0.3) is 0 Å². The fourth-order valence-electron chi connectivity index (χ4n) is 1.65. The highest BCUT2D eigenvalue weighted by atomic mass is 16.5. The second-order valence-electron chi connectivity index (χ2n) is 4.96. The molecule has 0 unspecified atom stereocenters. The van der Waals surface area contributed by atoms with Crippen LogP contribution >= 0.6 is 0 Å². The van der Waals surface area contributed by atoms with Crippen LogP contribution in [0.3, 0.4) is 0 Å². The lowest BCUT2D eigenvalue weighted by Crippen LogP contribution is -2.53. The highest BCUT2D eigenvalue weighted by Gasteiger charge is 2.36. The number of rotatable bonds is 6. The van der Waals surface area contributed by atoms with Gasteiger partial charge in [-0.05, 0) is 0 Å². The molecule has 0 aromatic heterocycles. The lowest BCUT2D eigenvalue weighted by molar-refractivity contribution is -0.195. The fourth-order valence-corrected chi connectivity index (χ4v) is 1.65. The van der Waals surface area contributed by atoms with Crippen LogP contribution in [0.5, 0.6) is 0 Å². The number of carbonyl (C=O) groups is 1. The summed E-state index contributed by atoms with van der Waals surface area (Å²) in [6, 6.07) is 0. The molecule has 0 aromatic carbocycles. The average molecular weight is 344 g/mol. The van der Waals surface area contributed by atoms with Crippen molar-refractivity contribution in [3.05, 3.63) is 0 Å². The number of carbonyl (C=O) groups excluding carboxylic acids is 1. The molecule has 0 saturated carbocycles. The van der Waals surface area contributed by atoms with Gasteiger partial charge in [-0.25, -0.2) is 0 Å². The summed E-state index contributed by atoms with van der Waals surface area (Å²) < 4.78 is 4.81. The Bertz CT molecular complexity index is 326. The summed E-state index contributed by atoms with van der Waals surface area (Å²) in [5, 5.41) is 79.2. The third-order valence-electron chi connectivity index (χ3n) is 3.21. The molecule has 0 radical (unpaired) electrons. The molecule has 0 bridgehead atoms. The Hall–Kier alpha value is -0.730. The zero-order chi connectivity index (χ0) is 18.2. The monoisotopic (exact) mass is 344 g/mol. The summed E-state index contributed by atoms with van der Waals surface area (Å²) in [5.74, 6) is 0. The second-order valence-corrected chi connectivity index (χ2v) is 4.96. The molecule has 23 heavy (non-hydrogen) atoms. The van der Waals surface area contributed by atoms with Crippen LogP contribution in [-0.4, -0.2) is 121 Å². The minimum atomic E-state index is -1.79. The van der Waals surface area contributed by atoms with Crippen molar-refractivity contribution in [1.82, 2.24) is 0 Å². The van der Waals surface area contributed by atoms with E-state index in [1.807, 2.05) is 0 Å². The summed E-state index contributed by atoms with van der Waals surface area (Å²) in [5.41, 5.74) is 0. The Labute approximate surface area is 131 Å². The van der Waals surface area contributed by atoms with E-state index in [0.717, 1.165) is 0 Å². The van der Waals surface area contributed by atoms with Crippen molar-refractivity contribution in [3.63, 3.8) is 0 Å². The molecule has 1 aliphatic rings. The Balaban J connectivity index is 0.000000422. The van der Waals surface area contributed by atoms with Gasteiger partial charge in [-0.2, -0.15) is 0 Å². The van der Waals surface area contributed by atoms with Gasteiger partial charge in [-0.3, -0.25) is 0 Å². The molecule has 138 valence electrons. The van der Waals surface area contributed by atoms with Crippen LogP contribution in [0, 0.1) is 0 Å². The first-order valence-corrected chi connectivity index (χ1v) is 6.76. The van der Waals surface area contributed by atoms with E-state index in [4.69, 9.17) is 50.7 Å². The number of aliphatic hydroxyl groups excluding tert-OH is 9. The predicted molar refractivity (Wildman–Crippen MR) is 72.0 cm³/mol. The predicted octanol–water partition coefficient (Wildman–Crippen LogP) is -5.92. The van der Waals surface area contributed by atoms with Gasteiger partial charge in [-0.15, -0.1) is 0 Å². The molecule has 0 spiro atoms. The molecule has 0 aromatic rings. The third kappa shape index (κ3) is 6.73. The van der Waals surface area contributed by atoms with Crippen LogP contribution in [0.1, 0.15) is 0 Å². The molecule has 9 N–H and O–H groups in total. The summed E-state index contributed by atoms with van der Waals surface area (Å²) >= 11 is 0. The molecule has 1 heterocycles. The minimum absolute atomic E-state index is 0.0258. The van der Waals surface area contributed by atoms with Gasteiger partial charge in [-0.1, -0.05) is 0 Å². The van der Waals surface area contributed by atoms with Crippen molar-refractivity contribution >= 4 is 6.29 Å². The normalized spacial score (nSPS) is 32.9. The van der Waals surface area contributed by atoms with E-state index >= 15 is 0 Å². The van der Waals surface area contributed by atoms with Gasteiger partial charge in [0.1, 0.15) is 48.8 Å². The number of hydrogen-bond acceptors (Lipinski definition) is 11. The molecule has 1 rings (SSSR count). The van der Waals surface area contributed by atoms with Crippen molar-refractivity contribution < 1.29 is 55.5 Å². The Morgan fingerprint density at radius 1 is 1.00 bits per heavy atom. The van der Waals surface area contributed by atoms with Gasteiger partial charge < -0.3 is 55.5 Å². The Morgan fingerprint density at radius 3 is 2.00 bits per heavy atom. The van der Waals surface area contributed by atoms with Gasteiger partial charge >= 0.3 is 0 Å². The SMILES string of the molecule is O=C[C@H](O)[C@@H](O)[C@H](O)[C@H](O)CO.OC[C@H]1OC[C@H](O)[C@@H](O)[C@@H]1O. The molecule has 1 saturated heterocycles. The van der Waals surface area contributed by atoms with Crippen LogP contribution in [0.15, 0.2) is 0 Å². The number of ether oxygens (including phenoxy) is 1. The maximum absolute atomic E-state index is 9.90. The first kappa shape index (κ1) is 22.3.